The highest BCUT2D eigenvalue weighted by atomic mass is 19.1. The first-order valence-electron chi connectivity index (χ1n) is 11.0. The number of aromatic nitrogens is 1. The molecule has 1 unspecified atom stereocenters. The van der Waals surface area contributed by atoms with Crippen molar-refractivity contribution < 1.29 is 33.0 Å². The fourth-order valence-corrected chi connectivity index (χ4v) is 4.75. The number of carbonyl (C=O) groups is 2. The summed E-state index contributed by atoms with van der Waals surface area (Å²) in [7, 11) is 0. The molecule has 0 bridgehead atoms. The standard InChI is InChI=1S/C23H23F2N3O6/c24-14-2-1-13(16(25)7-14)8-26-21(31)15-9-27-10-17-28(22(32)18(27)20(30)19(15)29)11-23(12-34-17)3-5-33-6-4-23/h1-2,7,9,17,30H,3-6,8,10-12H2,(H,26,31). The van der Waals surface area contributed by atoms with Gasteiger partial charge in [-0.1, -0.05) is 6.07 Å². The summed E-state index contributed by atoms with van der Waals surface area (Å²) in [6.07, 6.45) is 2.09. The molecular formula is C23H23F2N3O6. The van der Waals surface area contributed by atoms with Crippen LogP contribution in [0.5, 0.6) is 5.75 Å². The number of nitrogens with zero attached hydrogens (tertiary/aromatic N) is 2. The Kier molecular flexibility index (Phi) is 5.61. The average Bonchev–Trinajstić information content (AvgIpc) is 2.82. The normalized spacial score (nSPS) is 21.2. The third kappa shape index (κ3) is 3.84. The second kappa shape index (κ2) is 8.48. The van der Waals surface area contributed by atoms with Gasteiger partial charge in [0.05, 0.1) is 13.2 Å². The van der Waals surface area contributed by atoms with Crippen LogP contribution >= 0.6 is 0 Å². The van der Waals surface area contributed by atoms with Crippen LogP contribution in [-0.2, 0) is 22.6 Å². The smallest absolute Gasteiger partial charge is 0.276 e. The summed E-state index contributed by atoms with van der Waals surface area (Å²) in [6.45, 7) is 1.89. The quantitative estimate of drug-likeness (QED) is 0.694. The zero-order chi connectivity index (χ0) is 24.0. The van der Waals surface area contributed by atoms with E-state index in [1.807, 2.05) is 0 Å². The zero-order valence-corrected chi connectivity index (χ0v) is 18.2. The predicted octanol–water partition coefficient (Wildman–Crippen LogP) is 1.37. The number of aromatic hydroxyl groups is 1. The topological polar surface area (TPSA) is 110 Å². The summed E-state index contributed by atoms with van der Waals surface area (Å²) in [6, 6.07) is 2.92. The van der Waals surface area contributed by atoms with Gasteiger partial charge in [0.2, 0.25) is 5.43 Å². The molecule has 34 heavy (non-hydrogen) atoms. The number of rotatable bonds is 3. The van der Waals surface area contributed by atoms with Crippen molar-refractivity contribution >= 4 is 11.8 Å². The second-order valence-corrected chi connectivity index (χ2v) is 8.95. The molecule has 2 amide bonds. The number of nitrogens with one attached hydrogen (secondary N) is 1. The van der Waals surface area contributed by atoms with E-state index in [1.54, 1.807) is 0 Å². The van der Waals surface area contributed by atoms with Crippen molar-refractivity contribution in [2.75, 3.05) is 26.4 Å². The highest BCUT2D eigenvalue weighted by Crippen LogP contribution is 2.39. The first-order chi connectivity index (χ1) is 16.3. The minimum absolute atomic E-state index is 0.0282. The van der Waals surface area contributed by atoms with E-state index in [-0.39, 0.29) is 29.8 Å². The fraction of sp³-hybridized carbons (Fsp3) is 0.435. The lowest BCUT2D eigenvalue weighted by Gasteiger charge is -2.50. The van der Waals surface area contributed by atoms with Crippen LogP contribution in [0.2, 0.25) is 0 Å². The van der Waals surface area contributed by atoms with Crippen LogP contribution in [0.3, 0.4) is 0 Å². The third-order valence-electron chi connectivity index (χ3n) is 6.76. The molecule has 2 N–H and O–H groups in total. The molecule has 1 atom stereocenters. The highest BCUT2D eigenvalue weighted by molar-refractivity contribution is 5.99. The van der Waals surface area contributed by atoms with Gasteiger partial charge >= 0.3 is 0 Å². The number of amides is 2. The van der Waals surface area contributed by atoms with Crippen LogP contribution in [0.15, 0.2) is 29.2 Å². The van der Waals surface area contributed by atoms with Gasteiger partial charge in [-0.05, 0) is 18.9 Å². The van der Waals surface area contributed by atoms with E-state index in [0.717, 1.165) is 18.9 Å². The summed E-state index contributed by atoms with van der Waals surface area (Å²) in [4.78, 5) is 40.1. The molecule has 1 aromatic carbocycles. The van der Waals surface area contributed by atoms with Gasteiger partial charge in [-0.25, -0.2) is 8.78 Å². The van der Waals surface area contributed by atoms with Crippen molar-refractivity contribution in [3.05, 3.63) is 63.1 Å². The lowest BCUT2D eigenvalue weighted by atomic mass is 9.79. The monoisotopic (exact) mass is 475 g/mol. The minimum Gasteiger partial charge on any atom is -0.503 e. The molecule has 0 saturated carbocycles. The van der Waals surface area contributed by atoms with E-state index in [1.165, 1.54) is 21.7 Å². The molecule has 1 aromatic heterocycles. The summed E-state index contributed by atoms with van der Waals surface area (Å²) in [5.74, 6) is -3.82. The van der Waals surface area contributed by atoms with Crippen molar-refractivity contribution in [1.29, 1.82) is 0 Å². The number of ether oxygens (including phenoxy) is 2. The van der Waals surface area contributed by atoms with Crippen LogP contribution in [-0.4, -0.2) is 59.0 Å². The largest absolute Gasteiger partial charge is 0.503 e. The molecule has 0 aliphatic carbocycles. The Morgan fingerprint density at radius 2 is 2.00 bits per heavy atom. The number of pyridine rings is 1. The number of hydrogen-bond acceptors (Lipinski definition) is 6. The maximum absolute atomic E-state index is 13.8. The molecule has 4 heterocycles. The molecule has 9 nitrogen and oxygen atoms in total. The summed E-state index contributed by atoms with van der Waals surface area (Å²) < 4.78 is 39.7. The number of carbonyl (C=O) groups excluding carboxylic acids is 2. The Balaban J connectivity index is 1.39. The van der Waals surface area contributed by atoms with E-state index in [9.17, 15) is 28.3 Å². The number of halogens is 2. The molecule has 11 heteroatoms. The van der Waals surface area contributed by atoms with Gasteiger partial charge in [0.1, 0.15) is 17.2 Å². The van der Waals surface area contributed by atoms with Crippen LogP contribution in [0, 0.1) is 17.0 Å². The van der Waals surface area contributed by atoms with E-state index in [4.69, 9.17) is 9.47 Å². The Bertz CT molecular complexity index is 1220. The van der Waals surface area contributed by atoms with Gasteiger partial charge in [-0.3, -0.25) is 14.4 Å². The Hall–Kier alpha value is -3.31. The molecule has 3 aliphatic heterocycles. The van der Waals surface area contributed by atoms with Gasteiger partial charge in [0, 0.05) is 49.5 Å². The average molecular weight is 475 g/mol. The fourth-order valence-electron chi connectivity index (χ4n) is 4.75. The van der Waals surface area contributed by atoms with Crippen LogP contribution in [0.4, 0.5) is 8.78 Å². The molecule has 2 fully saturated rings. The molecule has 2 saturated heterocycles. The molecule has 0 radical (unpaired) electrons. The first-order valence-corrected chi connectivity index (χ1v) is 11.0. The maximum atomic E-state index is 13.8. The van der Waals surface area contributed by atoms with Crippen molar-refractivity contribution in [2.24, 2.45) is 5.41 Å². The first kappa shape index (κ1) is 22.5. The van der Waals surface area contributed by atoms with Crippen molar-refractivity contribution in [3.63, 3.8) is 0 Å². The zero-order valence-electron chi connectivity index (χ0n) is 18.2. The van der Waals surface area contributed by atoms with E-state index >= 15 is 0 Å². The molecule has 5 rings (SSSR count). The maximum Gasteiger partial charge on any atom is 0.276 e. The lowest BCUT2D eigenvalue weighted by Crippen LogP contribution is -2.60. The molecule has 2 aromatic rings. The summed E-state index contributed by atoms with van der Waals surface area (Å²) in [5.41, 5.74) is -1.80. The minimum atomic E-state index is -1.01. The van der Waals surface area contributed by atoms with E-state index in [0.29, 0.717) is 32.4 Å². The van der Waals surface area contributed by atoms with Gasteiger partial charge < -0.3 is 29.4 Å². The van der Waals surface area contributed by atoms with Crippen LogP contribution in [0.25, 0.3) is 0 Å². The third-order valence-corrected chi connectivity index (χ3v) is 6.76. The van der Waals surface area contributed by atoms with Gasteiger partial charge in [-0.2, -0.15) is 0 Å². The van der Waals surface area contributed by atoms with E-state index < -0.39 is 46.4 Å². The Morgan fingerprint density at radius 3 is 2.74 bits per heavy atom. The van der Waals surface area contributed by atoms with Gasteiger partial charge in [0.25, 0.3) is 11.8 Å². The summed E-state index contributed by atoms with van der Waals surface area (Å²) in [5, 5.41) is 13.0. The number of hydrogen-bond donors (Lipinski definition) is 2. The lowest BCUT2D eigenvalue weighted by molar-refractivity contribution is -0.168. The molecule has 1 spiro atoms. The predicted molar refractivity (Wildman–Crippen MR) is 113 cm³/mol. The van der Waals surface area contributed by atoms with Crippen molar-refractivity contribution in [3.8, 4) is 5.75 Å². The van der Waals surface area contributed by atoms with Crippen molar-refractivity contribution in [2.45, 2.75) is 32.2 Å². The number of fused-ring (bicyclic) bond motifs is 2. The SMILES string of the molecule is O=C(NCc1ccc(F)cc1F)c1cn2c(c(O)c1=O)C(=O)N1CC3(CCOCC3)COC1C2. The van der Waals surface area contributed by atoms with Crippen LogP contribution < -0.4 is 10.7 Å². The molecule has 3 aliphatic rings. The summed E-state index contributed by atoms with van der Waals surface area (Å²) >= 11 is 0. The van der Waals surface area contributed by atoms with Gasteiger partial charge in [-0.15, -0.1) is 0 Å². The second-order valence-electron chi connectivity index (χ2n) is 8.95. The van der Waals surface area contributed by atoms with E-state index in [2.05, 4.69) is 5.32 Å². The van der Waals surface area contributed by atoms with Crippen LogP contribution in [0.1, 0.15) is 39.3 Å². The van der Waals surface area contributed by atoms with Gasteiger partial charge in [0.15, 0.2) is 17.7 Å². The van der Waals surface area contributed by atoms with Crippen molar-refractivity contribution in [1.82, 2.24) is 14.8 Å². The Morgan fingerprint density at radius 1 is 1.24 bits per heavy atom. The Labute approximate surface area is 192 Å². The highest BCUT2D eigenvalue weighted by Gasteiger charge is 2.46. The molecule has 180 valence electrons. The number of benzene rings is 1. The molecular weight excluding hydrogens is 452 g/mol.